The molecule has 18 heavy (non-hydrogen) atoms. The van der Waals surface area contributed by atoms with E-state index in [1.165, 1.54) is 6.07 Å². The Kier molecular flexibility index (Phi) is 4.60. The number of halogens is 2. The molecule has 0 spiro atoms. The Hall–Kier alpha value is -0.640. The molecule has 2 rings (SSSR count). The Bertz CT molecular complexity index is 391. The van der Waals surface area contributed by atoms with Gasteiger partial charge >= 0.3 is 0 Å². The van der Waals surface area contributed by atoms with Crippen molar-refractivity contribution in [3.63, 3.8) is 0 Å². The highest BCUT2D eigenvalue weighted by Gasteiger charge is 2.23. The van der Waals surface area contributed by atoms with Gasteiger partial charge in [-0.05, 0) is 49.7 Å². The van der Waals surface area contributed by atoms with Crippen LogP contribution in [0.15, 0.2) is 18.2 Å². The summed E-state index contributed by atoms with van der Waals surface area (Å²) in [6.07, 6.45) is 1.14. The van der Waals surface area contributed by atoms with Crippen molar-refractivity contribution in [1.82, 2.24) is 10.2 Å². The van der Waals surface area contributed by atoms with E-state index in [2.05, 4.69) is 24.2 Å². The van der Waals surface area contributed by atoms with Gasteiger partial charge in [0.15, 0.2) is 0 Å². The molecular weight excluding hydrogens is 251 g/mol. The van der Waals surface area contributed by atoms with Crippen LogP contribution in [-0.4, -0.2) is 31.1 Å². The quantitative estimate of drug-likeness (QED) is 0.909. The number of nitrogens with zero attached hydrogens (tertiary/aromatic N) is 1. The SMILES string of the molecule is CC1CN(C)CCC1NCc1cc(F)cc(Cl)c1. The van der Waals surface area contributed by atoms with Gasteiger partial charge in [0.2, 0.25) is 0 Å². The van der Waals surface area contributed by atoms with E-state index >= 15 is 0 Å². The average molecular weight is 271 g/mol. The van der Waals surface area contributed by atoms with Gasteiger partial charge in [-0.2, -0.15) is 0 Å². The average Bonchev–Trinajstić information content (AvgIpc) is 2.26. The zero-order valence-electron chi connectivity index (χ0n) is 10.9. The van der Waals surface area contributed by atoms with Gasteiger partial charge in [-0.15, -0.1) is 0 Å². The molecule has 0 radical (unpaired) electrons. The number of likely N-dealkylation sites (tertiary alicyclic amines) is 1. The van der Waals surface area contributed by atoms with Crippen molar-refractivity contribution in [3.8, 4) is 0 Å². The standard InChI is InChI=1S/C14H20ClFN2/c1-10-9-18(2)4-3-14(10)17-8-11-5-12(15)7-13(16)6-11/h5-7,10,14,17H,3-4,8-9H2,1-2H3. The normalized spacial score (nSPS) is 25.3. The number of benzene rings is 1. The van der Waals surface area contributed by atoms with Crippen LogP contribution in [0.3, 0.4) is 0 Å². The van der Waals surface area contributed by atoms with Gasteiger partial charge in [-0.3, -0.25) is 0 Å². The van der Waals surface area contributed by atoms with Gasteiger partial charge in [-0.1, -0.05) is 18.5 Å². The van der Waals surface area contributed by atoms with E-state index in [1.807, 2.05) is 6.07 Å². The van der Waals surface area contributed by atoms with E-state index in [1.54, 1.807) is 6.07 Å². The van der Waals surface area contributed by atoms with Crippen LogP contribution < -0.4 is 5.32 Å². The lowest BCUT2D eigenvalue weighted by molar-refractivity contribution is 0.174. The summed E-state index contributed by atoms with van der Waals surface area (Å²) in [7, 11) is 2.15. The Morgan fingerprint density at radius 2 is 2.22 bits per heavy atom. The molecule has 0 saturated carbocycles. The predicted octanol–water partition coefficient (Wildman–Crippen LogP) is 2.91. The molecule has 1 aromatic carbocycles. The second-order valence-corrected chi connectivity index (χ2v) is 5.73. The maximum atomic E-state index is 13.2. The summed E-state index contributed by atoms with van der Waals surface area (Å²) in [6, 6.07) is 5.20. The summed E-state index contributed by atoms with van der Waals surface area (Å²) in [4.78, 5) is 2.35. The minimum atomic E-state index is -0.268. The zero-order chi connectivity index (χ0) is 13.1. The van der Waals surface area contributed by atoms with E-state index in [9.17, 15) is 4.39 Å². The Morgan fingerprint density at radius 3 is 2.89 bits per heavy atom. The van der Waals surface area contributed by atoms with Gasteiger partial charge in [-0.25, -0.2) is 4.39 Å². The summed E-state index contributed by atoms with van der Waals surface area (Å²) in [5, 5.41) is 3.97. The molecule has 2 unspecified atom stereocenters. The van der Waals surface area contributed by atoms with Crippen molar-refractivity contribution in [2.45, 2.75) is 25.9 Å². The summed E-state index contributed by atoms with van der Waals surface area (Å²) >= 11 is 5.84. The third-order valence-electron chi connectivity index (χ3n) is 3.60. The molecule has 0 bridgehead atoms. The molecule has 2 nitrogen and oxygen atoms in total. The van der Waals surface area contributed by atoms with Gasteiger partial charge in [0.1, 0.15) is 5.82 Å². The molecule has 1 heterocycles. The largest absolute Gasteiger partial charge is 0.310 e. The van der Waals surface area contributed by atoms with E-state index in [0.29, 0.717) is 23.5 Å². The summed E-state index contributed by atoms with van der Waals surface area (Å²) in [5.74, 6) is 0.350. The second kappa shape index (κ2) is 6.00. The highest BCUT2D eigenvalue weighted by atomic mass is 35.5. The van der Waals surface area contributed by atoms with Crippen molar-refractivity contribution < 1.29 is 4.39 Å². The number of piperidine rings is 1. The van der Waals surface area contributed by atoms with Crippen molar-refractivity contribution in [1.29, 1.82) is 0 Å². The summed E-state index contributed by atoms with van der Waals surface area (Å²) in [6.45, 7) is 5.16. The van der Waals surface area contributed by atoms with Crippen LogP contribution in [0.1, 0.15) is 18.9 Å². The number of hydrogen-bond donors (Lipinski definition) is 1. The molecule has 1 aromatic rings. The topological polar surface area (TPSA) is 15.3 Å². The van der Waals surface area contributed by atoms with Crippen molar-refractivity contribution in [3.05, 3.63) is 34.6 Å². The Morgan fingerprint density at radius 1 is 1.44 bits per heavy atom. The third-order valence-corrected chi connectivity index (χ3v) is 3.82. The summed E-state index contributed by atoms with van der Waals surface area (Å²) in [5.41, 5.74) is 0.908. The number of hydrogen-bond acceptors (Lipinski definition) is 2. The third kappa shape index (κ3) is 3.67. The first kappa shape index (κ1) is 13.8. The van der Waals surface area contributed by atoms with Crippen LogP contribution in [0.25, 0.3) is 0 Å². The minimum Gasteiger partial charge on any atom is -0.310 e. The fourth-order valence-corrected chi connectivity index (χ4v) is 2.86. The molecule has 4 heteroatoms. The van der Waals surface area contributed by atoms with Crippen molar-refractivity contribution in [2.24, 2.45) is 5.92 Å². The van der Waals surface area contributed by atoms with Crippen molar-refractivity contribution in [2.75, 3.05) is 20.1 Å². The second-order valence-electron chi connectivity index (χ2n) is 5.29. The van der Waals surface area contributed by atoms with Crippen LogP contribution in [0.4, 0.5) is 4.39 Å². The van der Waals surface area contributed by atoms with Crippen LogP contribution >= 0.6 is 11.6 Å². The van der Waals surface area contributed by atoms with Gasteiger partial charge < -0.3 is 10.2 Å². The maximum absolute atomic E-state index is 13.2. The van der Waals surface area contributed by atoms with Crippen LogP contribution in [-0.2, 0) is 6.54 Å². The zero-order valence-corrected chi connectivity index (χ0v) is 11.7. The molecule has 0 amide bonds. The Balaban J connectivity index is 1.91. The maximum Gasteiger partial charge on any atom is 0.125 e. The van der Waals surface area contributed by atoms with Crippen molar-refractivity contribution >= 4 is 11.6 Å². The van der Waals surface area contributed by atoms with Crippen LogP contribution in [0.5, 0.6) is 0 Å². The molecule has 1 fully saturated rings. The fraction of sp³-hybridized carbons (Fsp3) is 0.571. The molecule has 0 aliphatic carbocycles. The predicted molar refractivity (Wildman–Crippen MR) is 73.3 cm³/mol. The van der Waals surface area contributed by atoms with E-state index in [4.69, 9.17) is 11.6 Å². The van der Waals surface area contributed by atoms with E-state index in [-0.39, 0.29) is 5.82 Å². The first-order valence-electron chi connectivity index (χ1n) is 6.41. The first-order chi connectivity index (χ1) is 8.54. The van der Waals surface area contributed by atoms with Gasteiger partial charge in [0.25, 0.3) is 0 Å². The number of rotatable bonds is 3. The minimum absolute atomic E-state index is 0.268. The lowest BCUT2D eigenvalue weighted by Gasteiger charge is -2.35. The molecule has 1 saturated heterocycles. The lowest BCUT2D eigenvalue weighted by Crippen LogP contribution is -2.46. The van der Waals surface area contributed by atoms with E-state index < -0.39 is 0 Å². The van der Waals surface area contributed by atoms with E-state index in [0.717, 1.165) is 25.1 Å². The van der Waals surface area contributed by atoms with Gasteiger partial charge in [0, 0.05) is 24.2 Å². The molecule has 1 aliphatic rings. The molecular formula is C14H20ClFN2. The Labute approximate surface area is 113 Å². The molecule has 0 aromatic heterocycles. The lowest BCUT2D eigenvalue weighted by atomic mass is 9.94. The van der Waals surface area contributed by atoms with Crippen LogP contribution in [0, 0.1) is 11.7 Å². The first-order valence-corrected chi connectivity index (χ1v) is 6.79. The van der Waals surface area contributed by atoms with Gasteiger partial charge in [0.05, 0.1) is 0 Å². The van der Waals surface area contributed by atoms with Crippen LogP contribution in [0.2, 0.25) is 5.02 Å². The summed E-state index contributed by atoms with van der Waals surface area (Å²) < 4.78 is 13.2. The smallest absolute Gasteiger partial charge is 0.125 e. The highest BCUT2D eigenvalue weighted by Crippen LogP contribution is 2.17. The molecule has 1 N–H and O–H groups in total. The monoisotopic (exact) mass is 270 g/mol. The molecule has 100 valence electrons. The fourth-order valence-electron chi connectivity index (χ4n) is 2.62. The number of nitrogens with one attached hydrogen (secondary N) is 1. The molecule has 1 aliphatic heterocycles. The highest BCUT2D eigenvalue weighted by molar-refractivity contribution is 6.30. The molecule has 2 atom stereocenters.